The highest BCUT2D eigenvalue weighted by atomic mass is 35.5. The van der Waals surface area contributed by atoms with Gasteiger partial charge in [-0.2, -0.15) is 0 Å². The van der Waals surface area contributed by atoms with Crippen LogP contribution in [0.25, 0.3) is 0 Å². The molecule has 104 valence electrons. The maximum Gasteiger partial charge on any atom is 0.256 e. The van der Waals surface area contributed by atoms with Crippen molar-refractivity contribution in [1.82, 2.24) is 0 Å². The number of rotatable bonds is 4. The lowest BCUT2D eigenvalue weighted by molar-refractivity contribution is -0.120. The Morgan fingerprint density at radius 3 is 2.58 bits per heavy atom. The molecule has 0 saturated heterocycles. The monoisotopic (exact) mass is 327 g/mol. The molecule has 1 atom stereocenters. The molecular weight excluding hydrogens is 318 g/mol. The summed E-state index contributed by atoms with van der Waals surface area (Å²) in [6, 6.07) is 6.18. The van der Waals surface area contributed by atoms with Gasteiger partial charge in [0.25, 0.3) is 6.43 Å². The lowest BCUT2D eigenvalue weighted by atomic mass is 10.2. The molecule has 0 N–H and O–H groups in total. The van der Waals surface area contributed by atoms with Crippen LogP contribution in [0.3, 0.4) is 0 Å². The molecule has 2 rings (SSSR count). The molecule has 2 nitrogen and oxygen atoms in total. The number of hydrogen-bond acceptors (Lipinski definition) is 1. The molecule has 1 aromatic rings. The highest BCUT2D eigenvalue weighted by molar-refractivity contribution is 6.52. The van der Waals surface area contributed by atoms with Crippen molar-refractivity contribution in [3.8, 4) is 0 Å². The van der Waals surface area contributed by atoms with E-state index in [1.807, 2.05) is 0 Å². The van der Waals surface area contributed by atoms with Gasteiger partial charge in [-0.1, -0.05) is 17.7 Å². The predicted molar refractivity (Wildman–Crippen MR) is 72.4 cm³/mol. The van der Waals surface area contributed by atoms with E-state index in [1.165, 1.54) is 6.07 Å². The summed E-state index contributed by atoms with van der Waals surface area (Å²) in [5.41, 5.74) is 0.314. The van der Waals surface area contributed by atoms with Crippen LogP contribution < -0.4 is 4.90 Å². The maximum atomic E-state index is 12.6. The van der Waals surface area contributed by atoms with Crippen molar-refractivity contribution in [1.29, 1.82) is 0 Å². The van der Waals surface area contributed by atoms with Gasteiger partial charge in [-0.3, -0.25) is 4.79 Å². The number of benzene rings is 1. The van der Waals surface area contributed by atoms with E-state index in [0.29, 0.717) is 10.7 Å². The quantitative estimate of drug-likeness (QED) is 0.761. The third-order valence-electron chi connectivity index (χ3n) is 2.83. The van der Waals surface area contributed by atoms with Crippen LogP contribution >= 0.6 is 34.8 Å². The number of carbonyl (C=O) groups excluding carboxylic acids is 1. The Morgan fingerprint density at radius 2 is 2.11 bits per heavy atom. The number of nitrogens with zero attached hydrogens (tertiary/aromatic N) is 1. The van der Waals surface area contributed by atoms with Crippen LogP contribution in [0.5, 0.6) is 0 Å². The van der Waals surface area contributed by atoms with Gasteiger partial charge < -0.3 is 4.90 Å². The van der Waals surface area contributed by atoms with Crippen LogP contribution in [0.15, 0.2) is 24.3 Å². The second-order valence-electron chi connectivity index (χ2n) is 4.34. The minimum absolute atomic E-state index is 0.273. The number of hydrogen-bond donors (Lipinski definition) is 0. The molecule has 1 aliphatic rings. The Bertz CT molecular complexity index is 496. The fourth-order valence-electron chi connectivity index (χ4n) is 1.77. The average molecular weight is 329 g/mol. The van der Waals surface area contributed by atoms with Crippen LogP contribution in [-0.2, 0) is 4.79 Å². The fraction of sp³-hybridized carbons (Fsp3) is 0.417. The number of alkyl halides is 4. The molecule has 0 radical (unpaired) electrons. The Balaban J connectivity index is 2.24. The van der Waals surface area contributed by atoms with Crippen molar-refractivity contribution in [3.05, 3.63) is 29.3 Å². The van der Waals surface area contributed by atoms with Crippen LogP contribution in [0.1, 0.15) is 6.42 Å². The first-order valence-electron chi connectivity index (χ1n) is 5.54. The Morgan fingerprint density at radius 1 is 1.47 bits per heavy atom. The second kappa shape index (κ2) is 5.43. The van der Waals surface area contributed by atoms with Crippen molar-refractivity contribution in [2.45, 2.75) is 17.2 Å². The standard InChI is InChI=1S/C12H10Cl3F2NO/c13-7-2-1-3-8(4-7)18(6-10(16)17)11(19)9-5-12(9,14)15/h1-4,9-10H,5-6H2/t9-/m1/s1. The highest BCUT2D eigenvalue weighted by Crippen LogP contribution is 2.54. The first-order chi connectivity index (χ1) is 8.81. The molecule has 0 heterocycles. The van der Waals surface area contributed by atoms with E-state index in [9.17, 15) is 13.6 Å². The zero-order valence-corrected chi connectivity index (χ0v) is 11.9. The van der Waals surface area contributed by atoms with E-state index in [0.717, 1.165) is 4.90 Å². The second-order valence-corrected chi connectivity index (χ2v) is 6.32. The molecule has 1 aromatic carbocycles. The summed E-state index contributed by atoms with van der Waals surface area (Å²) in [7, 11) is 0. The van der Waals surface area contributed by atoms with Gasteiger partial charge in [0.2, 0.25) is 5.91 Å². The van der Waals surface area contributed by atoms with E-state index >= 15 is 0 Å². The minimum atomic E-state index is -2.65. The van der Waals surface area contributed by atoms with Crippen molar-refractivity contribution in [3.63, 3.8) is 0 Å². The number of halogens is 5. The number of carbonyl (C=O) groups is 1. The van der Waals surface area contributed by atoms with Crippen molar-refractivity contribution >= 4 is 46.4 Å². The van der Waals surface area contributed by atoms with E-state index < -0.39 is 29.1 Å². The molecule has 1 fully saturated rings. The summed E-state index contributed by atoms with van der Waals surface area (Å²) < 4.78 is 24.1. The van der Waals surface area contributed by atoms with E-state index in [2.05, 4.69) is 0 Å². The smallest absolute Gasteiger partial charge is 0.256 e. The van der Waals surface area contributed by atoms with Crippen LogP contribution in [0.4, 0.5) is 14.5 Å². The molecule has 1 amide bonds. The van der Waals surface area contributed by atoms with Gasteiger partial charge in [-0.15, -0.1) is 23.2 Å². The highest BCUT2D eigenvalue weighted by Gasteiger charge is 2.57. The van der Waals surface area contributed by atoms with Gasteiger partial charge in [0.05, 0.1) is 12.5 Å². The largest absolute Gasteiger partial charge is 0.306 e. The predicted octanol–water partition coefficient (Wildman–Crippen LogP) is 4.13. The molecule has 1 saturated carbocycles. The van der Waals surface area contributed by atoms with Crippen molar-refractivity contribution < 1.29 is 13.6 Å². The Kier molecular flexibility index (Phi) is 4.23. The molecular formula is C12H10Cl3F2NO. The van der Waals surface area contributed by atoms with Crippen LogP contribution in [0.2, 0.25) is 5.02 Å². The third-order valence-corrected chi connectivity index (χ3v) is 3.90. The molecule has 0 bridgehead atoms. The van der Waals surface area contributed by atoms with Gasteiger partial charge in [0, 0.05) is 10.7 Å². The molecule has 0 aromatic heterocycles. The number of amides is 1. The van der Waals surface area contributed by atoms with E-state index in [1.54, 1.807) is 18.2 Å². The third kappa shape index (κ3) is 3.50. The fourth-order valence-corrected chi connectivity index (χ4v) is 2.45. The molecule has 0 aliphatic heterocycles. The first kappa shape index (κ1) is 14.8. The molecule has 19 heavy (non-hydrogen) atoms. The van der Waals surface area contributed by atoms with Crippen molar-refractivity contribution in [2.75, 3.05) is 11.4 Å². The Hall–Kier alpha value is -0.580. The van der Waals surface area contributed by atoms with Gasteiger partial charge in [0.1, 0.15) is 4.33 Å². The zero-order chi connectivity index (χ0) is 14.2. The summed E-state index contributed by atoms with van der Waals surface area (Å²) in [5.74, 6) is -1.15. The first-order valence-corrected chi connectivity index (χ1v) is 6.67. The topological polar surface area (TPSA) is 20.3 Å². The zero-order valence-electron chi connectivity index (χ0n) is 9.62. The van der Waals surface area contributed by atoms with E-state index in [4.69, 9.17) is 34.8 Å². The normalized spacial score (nSPS) is 20.4. The molecule has 0 spiro atoms. The summed E-state index contributed by atoms with van der Waals surface area (Å²) in [5, 5.41) is 0.364. The summed E-state index contributed by atoms with van der Waals surface area (Å²) in [6.45, 7) is -0.709. The SMILES string of the molecule is O=C([C@H]1CC1(Cl)Cl)N(CC(F)F)c1cccc(Cl)c1. The lowest BCUT2D eigenvalue weighted by Crippen LogP contribution is -2.37. The summed E-state index contributed by atoms with van der Waals surface area (Å²) in [4.78, 5) is 13.1. The average Bonchev–Trinajstić information content (AvgIpc) is 2.94. The minimum Gasteiger partial charge on any atom is -0.306 e. The number of anilines is 1. The summed E-state index contributed by atoms with van der Waals surface area (Å²) >= 11 is 17.4. The van der Waals surface area contributed by atoms with Gasteiger partial charge >= 0.3 is 0 Å². The van der Waals surface area contributed by atoms with Crippen LogP contribution in [0, 0.1) is 5.92 Å². The molecule has 7 heteroatoms. The van der Waals surface area contributed by atoms with E-state index in [-0.39, 0.29) is 6.42 Å². The Labute approximate surface area is 124 Å². The van der Waals surface area contributed by atoms with Gasteiger partial charge in [0.15, 0.2) is 0 Å². The van der Waals surface area contributed by atoms with Crippen LogP contribution in [-0.4, -0.2) is 23.2 Å². The maximum absolute atomic E-state index is 12.6. The summed E-state index contributed by atoms with van der Waals surface area (Å²) in [6.07, 6.45) is -2.38. The molecule has 1 aliphatic carbocycles. The lowest BCUT2D eigenvalue weighted by Gasteiger charge is -2.23. The van der Waals surface area contributed by atoms with Gasteiger partial charge in [-0.05, 0) is 24.6 Å². The van der Waals surface area contributed by atoms with Gasteiger partial charge in [-0.25, -0.2) is 8.78 Å². The molecule has 0 unspecified atom stereocenters. The van der Waals surface area contributed by atoms with Crippen molar-refractivity contribution in [2.24, 2.45) is 5.92 Å².